The fourth-order valence-electron chi connectivity index (χ4n) is 2.73. The van der Waals surface area contributed by atoms with Crippen molar-refractivity contribution in [1.82, 2.24) is 10.6 Å². The molecule has 2 N–H and O–H groups in total. The minimum atomic E-state index is -0.498. The SMILES string of the molecule is O=C1Cc2oc(=O)cc(CC3CCNC3)c2C(=O)N1. The number of hydrogen-bond donors (Lipinski definition) is 2. The first-order chi connectivity index (χ1) is 9.13. The molecule has 2 amide bonds. The fourth-order valence-corrected chi connectivity index (χ4v) is 2.73. The molecule has 6 nitrogen and oxygen atoms in total. The Hall–Kier alpha value is -1.95. The third-order valence-corrected chi connectivity index (χ3v) is 3.59. The molecular formula is C13H14N2O4. The lowest BCUT2D eigenvalue weighted by Gasteiger charge is -2.18. The number of amides is 2. The second-order valence-electron chi connectivity index (χ2n) is 5.01. The monoisotopic (exact) mass is 262 g/mol. The van der Waals surface area contributed by atoms with Crippen LogP contribution in [0.5, 0.6) is 0 Å². The molecule has 1 unspecified atom stereocenters. The highest BCUT2D eigenvalue weighted by Crippen LogP contribution is 2.22. The van der Waals surface area contributed by atoms with Crippen molar-refractivity contribution in [3.63, 3.8) is 0 Å². The standard InChI is InChI=1S/C13H14N2O4/c16-10-5-9-12(13(18)15-10)8(4-11(17)19-9)3-7-1-2-14-6-7/h4,7,14H,1-3,5-6H2,(H,15,16,18). The lowest BCUT2D eigenvalue weighted by molar-refractivity contribution is -0.120. The molecule has 1 atom stereocenters. The van der Waals surface area contributed by atoms with E-state index in [0.717, 1.165) is 19.5 Å². The van der Waals surface area contributed by atoms with Crippen molar-refractivity contribution < 1.29 is 14.0 Å². The minimum Gasteiger partial charge on any atom is -0.426 e. The highest BCUT2D eigenvalue weighted by atomic mass is 16.4. The molecule has 2 aliphatic rings. The van der Waals surface area contributed by atoms with E-state index >= 15 is 0 Å². The summed E-state index contributed by atoms with van der Waals surface area (Å²) in [5.41, 5.74) is 0.554. The first kappa shape index (κ1) is 12.1. The van der Waals surface area contributed by atoms with Gasteiger partial charge in [0.2, 0.25) is 5.91 Å². The Balaban J connectivity index is 2.01. The van der Waals surface area contributed by atoms with Gasteiger partial charge in [-0.05, 0) is 37.4 Å². The lowest BCUT2D eigenvalue weighted by atomic mass is 9.93. The van der Waals surface area contributed by atoms with Gasteiger partial charge in [-0.15, -0.1) is 0 Å². The Kier molecular flexibility index (Phi) is 2.94. The highest BCUT2D eigenvalue weighted by Gasteiger charge is 2.29. The second-order valence-corrected chi connectivity index (χ2v) is 5.01. The summed E-state index contributed by atoms with van der Waals surface area (Å²) in [6.45, 7) is 1.84. The van der Waals surface area contributed by atoms with Gasteiger partial charge in [0.25, 0.3) is 5.91 Å². The molecule has 100 valence electrons. The van der Waals surface area contributed by atoms with E-state index in [2.05, 4.69) is 10.6 Å². The number of hydrogen-bond acceptors (Lipinski definition) is 5. The summed E-state index contributed by atoms with van der Waals surface area (Å²) in [6, 6.07) is 1.37. The average molecular weight is 262 g/mol. The van der Waals surface area contributed by atoms with Crippen molar-refractivity contribution in [3.8, 4) is 0 Å². The molecular weight excluding hydrogens is 248 g/mol. The molecule has 0 aliphatic carbocycles. The van der Waals surface area contributed by atoms with Crippen LogP contribution in [0.4, 0.5) is 0 Å². The van der Waals surface area contributed by atoms with E-state index in [4.69, 9.17) is 4.42 Å². The zero-order chi connectivity index (χ0) is 13.4. The van der Waals surface area contributed by atoms with Gasteiger partial charge in [0, 0.05) is 6.07 Å². The Morgan fingerprint density at radius 2 is 2.16 bits per heavy atom. The molecule has 1 aromatic heterocycles. The predicted molar refractivity (Wildman–Crippen MR) is 65.8 cm³/mol. The molecule has 0 aromatic carbocycles. The van der Waals surface area contributed by atoms with Crippen LogP contribution in [0.3, 0.4) is 0 Å². The van der Waals surface area contributed by atoms with Crippen molar-refractivity contribution in [2.75, 3.05) is 13.1 Å². The van der Waals surface area contributed by atoms with E-state index in [0.29, 0.717) is 23.5 Å². The van der Waals surface area contributed by atoms with Crippen molar-refractivity contribution in [2.24, 2.45) is 5.92 Å². The molecule has 0 radical (unpaired) electrons. The van der Waals surface area contributed by atoms with Gasteiger partial charge in [-0.25, -0.2) is 4.79 Å². The van der Waals surface area contributed by atoms with Crippen LogP contribution in [0, 0.1) is 5.92 Å². The fraction of sp³-hybridized carbons (Fsp3) is 0.462. The van der Waals surface area contributed by atoms with Crippen LogP contribution in [0.25, 0.3) is 0 Å². The van der Waals surface area contributed by atoms with E-state index in [1.54, 1.807) is 0 Å². The van der Waals surface area contributed by atoms with E-state index in [1.807, 2.05) is 0 Å². The number of nitrogens with one attached hydrogen (secondary N) is 2. The van der Waals surface area contributed by atoms with Gasteiger partial charge in [0.15, 0.2) is 0 Å². The van der Waals surface area contributed by atoms with Gasteiger partial charge in [0.1, 0.15) is 5.76 Å². The number of imide groups is 1. The summed E-state index contributed by atoms with van der Waals surface area (Å²) in [5.74, 6) is -0.283. The van der Waals surface area contributed by atoms with Gasteiger partial charge >= 0.3 is 5.63 Å². The highest BCUT2D eigenvalue weighted by molar-refractivity contribution is 6.09. The number of rotatable bonds is 2. The minimum absolute atomic E-state index is 0.0485. The van der Waals surface area contributed by atoms with Crippen LogP contribution in [0.1, 0.15) is 28.1 Å². The van der Waals surface area contributed by atoms with Crippen molar-refractivity contribution in [3.05, 3.63) is 33.4 Å². The van der Waals surface area contributed by atoms with E-state index in [1.165, 1.54) is 6.07 Å². The predicted octanol–water partition coefficient (Wildman–Crippen LogP) is -0.396. The Morgan fingerprint density at radius 1 is 1.32 bits per heavy atom. The summed E-state index contributed by atoms with van der Waals surface area (Å²) in [5, 5.41) is 5.51. The average Bonchev–Trinajstić information content (AvgIpc) is 2.79. The molecule has 3 rings (SSSR count). The van der Waals surface area contributed by atoms with Crippen molar-refractivity contribution in [2.45, 2.75) is 19.3 Å². The summed E-state index contributed by atoms with van der Waals surface area (Å²) >= 11 is 0. The van der Waals surface area contributed by atoms with Gasteiger partial charge in [0.05, 0.1) is 12.0 Å². The van der Waals surface area contributed by atoms with Gasteiger partial charge in [-0.2, -0.15) is 0 Å². The van der Waals surface area contributed by atoms with Crippen LogP contribution in [0.15, 0.2) is 15.3 Å². The molecule has 1 aromatic rings. The van der Waals surface area contributed by atoms with Crippen LogP contribution in [-0.2, 0) is 17.6 Å². The second kappa shape index (κ2) is 4.62. The van der Waals surface area contributed by atoms with Crippen LogP contribution in [-0.4, -0.2) is 24.9 Å². The van der Waals surface area contributed by atoms with E-state index in [9.17, 15) is 14.4 Å². The molecule has 1 saturated heterocycles. The van der Waals surface area contributed by atoms with Crippen LogP contribution in [0.2, 0.25) is 0 Å². The zero-order valence-electron chi connectivity index (χ0n) is 10.3. The van der Waals surface area contributed by atoms with Crippen molar-refractivity contribution >= 4 is 11.8 Å². The normalized spacial score (nSPS) is 22.2. The topological polar surface area (TPSA) is 88.4 Å². The van der Waals surface area contributed by atoms with Crippen LogP contribution < -0.4 is 16.3 Å². The van der Waals surface area contributed by atoms with Gasteiger partial charge in [-0.1, -0.05) is 0 Å². The molecule has 3 heterocycles. The summed E-state index contributed by atoms with van der Waals surface area (Å²) < 4.78 is 4.99. The van der Waals surface area contributed by atoms with Crippen LogP contribution >= 0.6 is 0 Å². The Morgan fingerprint density at radius 3 is 2.89 bits per heavy atom. The third-order valence-electron chi connectivity index (χ3n) is 3.59. The lowest BCUT2D eigenvalue weighted by Crippen LogP contribution is -2.39. The first-order valence-electron chi connectivity index (χ1n) is 6.34. The molecule has 1 fully saturated rings. The van der Waals surface area contributed by atoms with E-state index < -0.39 is 17.4 Å². The summed E-state index contributed by atoms with van der Waals surface area (Å²) in [7, 11) is 0. The molecule has 6 heteroatoms. The molecule has 0 spiro atoms. The zero-order valence-corrected chi connectivity index (χ0v) is 10.3. The first-order valence-corrected chi connectivity index (χ1v) is 6.34. The molecule has 19 heavy (non-hydrogen) atoms. The van der Waals surface area contributed by atoms with Gasteiger partial charge in [-0.3, -0.25) is 14.9 Å². The number of carbonyl (C=O) groups is 2. The van der Waals surface area contributed by atoms with E-state index in [-0.39, 0.29) is 12.2 Å². The quantitative estimate of drug-likeness (QED) is 0.708. The molecule has 0 saturated carbocycles. The number of carbonyl (C=O) groups excluding carboxylic acids is 2. The van der Waals surface area contributed by atoms with Crippen molar-refractivity contribution in [1.29, 1.82) is 0 Å². The summed E-state index contributed by atoms with van der Waals surface area (Å²) in [6.07, 6.45) is 1.63. The summed E-state index contributed by atoms with van der Waals surface area (Å²) in [4.78, 5) is 34.7. The third kappa shape index (κ3) is 2.31. The number of fused-ring (bicyclic) bond motifs is 1. The van der Waals surface area contributed by atoms with Gasteiger partial charge < -0.3 is 9.73 Å². The maximum absolute atomic E-state index is 11.9. The molecule has 0 bridgehead atoms. The Labute approximate surface area is 109 Å². The molecule has 2 aliphatic heterocycles. The smallest absolute Gasteiger partial charge is 0.336 e. The maximum atomic E-state index is 11.9. The maximum Gasteiger partial charge on any atom is 0.336 e. The largest absolute Gasteiger partial charge is 0.426 e. The Bertz CT molecular complexity index is 599.